The third kappa shape index (κ3) is 2.63. The first-order valence-corrected chi connectivity index (χ1v) is 12.6. The van der Waals surface area contributed by atoms with E-state index in [0.717, 1.165) is 41.4 Å². The van der Waals surface area contributed by atoms with Crippen LogP contribution >= 0.6 is 143 Å². The molecule has 22 heavy (non-hydrogen) atoms. The number of epoxide rings is 1. The number of alkyl halides is 1. The van der Waals surface area contributed by atoms with E-state index in [1.54, 1.807) is 0 Å². The van der Waals surface area contributed by atoms with Gasteiger partial charge in [-0.3, -0.25) is 0 Å². The van der Waals surface area contributed by atoms with Crippen molar-refractivity contribution in [3.63, 3.8) is 0 Å². The Morgan fingerprint density at radius 3 is 1.68 bits per heavy atom. The third-order valence-corrected chi connectivity index (χ3v) is 14.6. The molecule has 0 bridgehead atoms. The molecule has 1 nitrogen and oxygen atoms in total. The first-order valence-electron chi connectivity index (χ1n) is 5.44. The first-order chi connectivity index (χ1) is 10.1. The molecule has 0 spiro atoms. The van der Waals surface area contributed by atoms with Crippen LogP contribution in [-0.4, -0.2) is 4.51 Å². The molecular formula is C12HBr9O. The van der Waals surface area contributed by atoms with Crippen molar-refractivity contribution in [3.8, 4) is 0 Å². The molecule has 2 atom stereocenters. The Kier molecular flexibility index (Phi) is 5.87. The maximum Gasteiger partial charge on any atom is 0.194 e. The van der Waals surface area contributed by atoms with Gasteiger partial charge in [-0.15, -0.1) is 0 Å². The van der Waals surface area contributed by atoms with Crippen LogP contribution in [0.2, 0.25) is 0 Å². The van der Waals surface area contributed by atoms with E-state index in [2.05, 4.69) is 143 Å². The van der Waals surface area contributed by atoms with Gasteiger partial charge in [-0.25, -0.2) is 0 Å². The van der Waals surface area contributed by atoms with Crippen molar-refractivity contribution < 1.29 is 4.74 Å². The lowest BCUT2D eigenvalue weighted by molar-refractivity contribution is 0.338. The first kappa shape index (κ1) is 19.7. The summed E-state index contributed by atoms with van der Waals surface area (Å²) in [6.07, 6.45) is 2.04. The van der Waals surface area contributed by atoms with Crippen LogP contribution in [0.25, 0.3) is 0 Å². The fourth-order valence-corrected chi connectivity index (χ4v) is 8.67. The summed E-state index contributed by atoms with van der Waals surface area (Å²) in [5, 5.41) is 0. The molecule has 2 aliphatic rings. The van der Waals surface area contributed by atoms with Crippen LogP contribution in [0.3, 0.4) is 0 Å². The quantitative estimate of drug-likeness (QED) is 0.119. The molecule has 0 amide bonds. The zero-order valence-electron chi connectivity index (χ0n) is 9.89. The van der Waals surface area contributed by atoms with Crippen LogP contribution in [0.5, 0.6) is 0 Å². The zero-order valence-corrected chi connectivity index (χ0v) is 24.2. The van der Waals surface area contributed by atoms with Crippen LogP contribution in [-0.2, 0) is 10.3 Å². The van der Waals surface area contributed by atoms with Crippen LogP contribution in [0.1, 0.15) is 5.56 Å². The smallest absolute Gasteiger partial charge is 0.194 e. The van der Waals surface area contributed by atoms with Gasteiger partial charge in [0.15, 0.2) is 10.1 Å². The highest BCUT2D eigenvalue weighted by Gasteiger charge is 2.73. The molecular weight excluding hydrogens is 879 g/mol. The Hall–Kier alpha value is 2.98. The van der Waals surface area contributed by atoms with Crippen LogP contribution in [0.4, 0.5) is 0 Å². The van der Waals surface area contributed by atoms with Crippen molar-refractivity contribution in [2.45, 2.75) is 10.1 Å². The molecule has 1 aromatic rings. The molecule has 10 heteroatoms. The molecule has 0 N–H and O–H groups in total. The molecule has 0 aromatic heterocycles. The predicted octanol–water partition coefficient (Wildman–Crippen LogP) is 9.11. The lowest BCUT2D eigenvalue weighted by Crippen LogP contribution is -2.22. The van der Waals surface area contributed by atoms with Gasteiger partial charge in [0.1, 0.15) is 0 Å². The highest BCUT2D eigenvalue weighted by molar-refractivity contribution is 9.17. The number of benzene rings is 1. The second-order valence-electron chi connectivity index (χ2n) is 4.50. The van der Waals surface area contributed by atoms with Crippen molar-refractivity contribution in [3.05, 3.63) is 47.5 Å². The number of ether oxygens (including phenoxy) is 1. The minimum Gasteiger partial charge on any atom is -0.335 e. The Morgan fingerprint density at radius 2 is 1.18 bits per heavy atom. The standard InChI is InChI=1S/C12HBr9O/c13-2-1-11(12(21,22-11)10(20)4(2)14)3-5(15)7(17)9(19)8(18)6(3)16/h1H. The lowest BCUT2D eigenvalue weighted by atomic mass is 9.92. The van der Waals surface area contributed by atoms with Gasteiger partial charge in [-0.1, -0.05) is 15.9 Å². The number of hydrogen-bond acceptors (Lipinski definition) is 1. The molecule has 1 aliphatic carbocycles. The third-order valence-electron chi connectivity index (χ3n) is 3.33. The zero-order chi connectivity index (χ0) is 16.6. The molecule has 0 saturated carbocycles. The van der Waals surface area contributed by atoms with Crippen molar-refractivity contribution in [2.24, 2.45) is 0 Å². The number of allylic oxidation sites excluding steroid dienone is 2. The SMILES string of the molecule is BrC1=CC2(c3c(Br)c(Br)c(Br)c(Br)c3Br)OC2(Br)C(Br)=C1Br. The maximum absolute atomic E-state index is 6.16. The van der Waals surface area contributed by atoms with E-state index in [9.17, 15) is 0 Å². The minimum absolute atomic E-state index is 0.645. The normalized spacial score (nSPS) is 30.3. The van der Waals surface area contributed by atoms with Crippen molar-refractivity contribution in [1.29, 1.82) is 0 Å². The van der Waals surface area contributed by atoms with Crippen molar-refractivity contribution in [1.82, 2.24) is 0 Å². The Morgan fingerprint density at radius 1 is 0.727 bits per heavy atom. The van der Waals surface area contributed by atoms with E-state index in [1.807, 2.05) is 6.08 Å². The summed E-state index contributed by atoms with van der Waals surface area (Å²) < 4.78 is 12.8. The van der Waals surface area contributed by atoms with Crippen molar-refractivity contribution in [2.75, 3.05) is 0 Å². The summed E-state index contributed by atoms with van der Waals surface area (Å²) in [5.41, 5.74) is 0.325. The fraction of sp³-hybridized carbons (Fsp3) is 0.167. The summed E-state index contributed by atoms with van der Waals surface area (Å²) in [7, 11) is 0. The predicted molar refractivity (Wildman–Crippen MR) is 121 cm³/mol. The maximum atomic E-state index is 6.16. The van der Waals surface area contributed by atoms with E-state index in [4.69, 9.17) is 4.74 Å². The van der Waals surface area contributed by atoms with Crippen molar-refractivity contribution >= 4 is 143 Å². The molecule has 3 rings (SSSR count). The highest BCUT2D eigenvalue weighted by Crippen LogP contribution is 2.72. The van der Waals surface area contributed by atoms with Gasteiger partial charge in [0.2, 0.25) is 0 Å². The van der Waals surface area contributed by atoms with Gasteiger partial charge >= 0.3 is 0 Å². The fourth-order valence-electron chi connectivity index (χ4n) is 2.23. The average molecular weight is 880 g/mol. The number of rotatable bonds is 1. The molecule has 1 fully saturated rings. The number of halogens is 9. The molecule has 0 radical (unpaired) electrons. The Balaban J connectivity index is 2.33. The van der Waals surface area contributed by atoms with E-state index >= 15 is 0 Å². The van der Waals surface area contributed by atoms with E-state index < -0.39 is 10.1 Å². The van der Waals surface area contributed by atoms with Gasteiger partial charge in [0.25, 0.3) is 0 Å². The molecule has 118 valence electrons. The Labute approximate surface area is 202 Å². The monoisotopic (exact) mass is 871 g/mol. The Bertz CT molecular complexity index is 754. The molecule has 1 heterocycles. The van der Waals surface area contributed by atoms with Crippen LogP contribution < -0.4 is 0 Å². The minimum atomic E-state index is -0.647. The van der Waals surface area contributed by atoms with Gasteiger partial charge in [0, 0.05) is 36.9 Å². The highest BCUT2D eigenvalue weighted by atomic mass is 79.9. The van der Waals surface area contributed by atoms with E-state index in [-0.39, 0.29) is 0 Å². The summed E-state index contributed by atoms with van der Waals surface area (Å²) in [6, 6.07) is 0. The molecule has 1 saturated heterocycles. The summed E-state index contributed by atoms with van der Waals surface area (Å²) in [4.78, 5) is 0. The van der Waals surface area contributed by atoms with E-state index in [1.165, 1.54) is 0 Å². The van der Waals surface area contributed by atoms with Crippen LogP contribution in [0.15, 0.2) is 41.9 Å². The molecule has 1 aliphatic heterocycles. The number of fused-ring (bicyclic) bond motifs is 1. The summed E-state index contributed by atoms with van der Waals surface area (Å²) >= 11 is 32.6. The van der Waals surface area contributed by atoms with E-state index in [0.29, 0.717) is 0 Å². The van der Waals surface area contributed by atoms with Gasteiger partial charge < -0.3 is 4.74 Å². The van der Waals surface area contributed by atoms with Gasteiger partial charge in [0.05, 0.1) is 4.48 Å². The largest absolute Gasteiger partial charge is 0.335 e. The van der Waals surface area contributed by atoms with Gasteiger partial charge in [-0.2, -0.15) is 0 Å². The second-order valence-corrected chi connectivity index (χ2v) is 12.0. The average Bonchev–Trinajstić information content (AvgIpc) is 3.07. The topological polar surface area (TPSA) is 12.5 Å². The molecule has 1 aromatic carbocycles. The second kappa shape index (κ2) is 6.55. The summed E-state index contributed by atoms with van der Waals surface area (Å²) in [6.45, 7) is 0. The summed E-state index contributed by atoms with van der Waals surface area (Å²) in [5.74, 6) is 0. The number of hydrogen-bond donors (Lipinski definition) is 0. The van der Waals surface area contributed by atoms with Crippen LogP contribution in [0, 0.1) is 0 Å². The lowest BCUT2D eigenvalue weighted by Gasteiger charge is -2.23. The molecule has 2 unspecified atom stereocenters. The van der Waals surface area contributed by atoms with Gasteiger partial charge in [-0.05, 0) is 134 Å².